The van der Waals surface area contributed by atoms with Gasteiger partial charge in [0.05, 0.1) is 0 Å². The predicted molar refractivity (Wildman–Crippen MR) is 105 cm³/mol. The topological polar surface area (TPSA) is 58.2 Å². The Bertz CT molecular complexity index is 659. The summed E-state index contributed by atoms with van der Waals surface area (Å²) in [5.74, 6) is -0.00761. The third-order valence-electron chi connectivity index (χ3n) is 3.53. The van der Waals surface area contributed by atoms with Crippen molar-refractivity contribution < 1.29 is 9.59 Å². The van der Waals surface area contributed by atoms with Gasteiger partial charge in [-0.05, 0) is 0 Å². The van der Waals surface area contributed by atoms with Gasteiger partial charge in [-0.2, -0.15) is 0 Å². The molecule has 5 heteroatoms. The third kappa shape index (κ3) is 6.04. The number of carbonyl (C=O) groups excluding carboxylic acids is 2. The van der Waals surface area contributed by atoms with Crippen molar-refractivity contribution in [2.75, 3.05) is 10.6 Å². The molecule has 2 aromatic rings. The van der Waals surface area contributed by atoms with Gasteiger partial charge in [-0.1, -0.05) is 0 Å². The first kappa shape index (κ1) is 19.2. The van der Waals surface area contributed by atoms with E-state index in [1.54, 1.807) is 0 Å². The van der Waals surface area contributed by atoms with E-state index < -0.39 is 0 Å². The Morgan fingerprint density at radius 3 is 1.28 bits per heavy atom. The average Bonchev–Trinajstić information content (AvgIpc) is 2.58. The quantitative estimate of drug-likeness (QED) is 0.729. The molecule has 2 N–H and O–H groups in total. The number of benzene rings is 2. The Labute approximate surface area is 155 Å². The van der Waals surface area contributed by atoms with E-state index in [0.717, 1.165) is 11.4 Å². The molecule has 0 aromatic heterocycles. The first-order valence-electron chi connectivity index (χ1n) is 8.35. The number of rotatable bonds is 6. The summed E-state index contributed by atoms with van der Waals surface area (Å²) in [6, 6.07) is 15.9. The van der Waals surface area contributed by atoms with Gasteiger partial charge in [0.15, 0.2) is 0 Å². The van der Waals surface area contributed by atoms with E-state index in [9.17, 15) is 9.59 Å². The van der Waals surface area contributed by atoms with E-state index in [1.165, 1.54) is 8.92 Å². The van der Waals surface area contributed by atoms with Gasteiger partial charge in [0.1, 0.15) is 0 Å². The van der Waals surface area contributed by atoms with Crippen LogP contribution in [0.5, 0.6) is 0 Å². The van der Waals surface area contributed by atoms with E-state index in [0.29, 0.717) is 0 Å². The summed E-state index contributed by atoms with van der Waals surface area (Å²) in [7, 11) is 0. The van der Waals surface area contributed by atoms with E-state index >= 15 is 0 Å². The summed E-state index contributed by atoms with van der Waals surface area (Å²) in [5.41, 5.74) is 1.65. The van der Waals surface area contributed by atoms with Gasteiger partial charge >= 0.3 is 155 Å². The summed E-state index contributed by atoms with van der Waals surface area (Å²) in [6.07, 6.45) is 0. The minimum atomic E-state index is -0.0291. The minimum absolute atomic E-state index is 0.0253. The molecule has 132 valence electrons. The molecule has 25 heavy (non-hydrogen) atoms. The van der Waals surface area contributed by atoms with Crippen LogP contribution in [0.4, 0.5) is 11.4 Å². The molecule has 0 aliphatic carbocycles. The fraction of sp³-hybridized carbons (Fsp3) is 0.300. The van der Waals surface area contributed by atoms with Crippen molar-refractivity contribution in [1.82, 2.24) is 0 Å². The van der Waals surface area contributed by atoms with Crippen molar-refractivity contribution in [3.8, 4) is 0 Å². The second-order valence-electron chi connectivity index (χ2n) is 6.44. The maximum atomic E-state index is 11.7. The second kappa shape index (κ2) is 8.84. The summed E-state index contributed by atoms with van der Waals surface area (Å²) in [5, 5.41) is 5.79. The molecule has 4 nitrogen and oxygen atoms in total. The van der Waals surface area contributed by atoms with Gasteiger partial charge in [-0.25, -0.2) is 0 Å². The number of hydrogen-bond donors (Lipinski definition) is 2. The average molecular weight is 403 g/mol. The van der Waals surface area contributed by atoms with E-state index in [1.807, 2.05) is 76.2 Å². The maximum absolute atomic E-state index is 11.7. The molecule has 0 spiro atoms. The summed E-state index contributed by atoms with van der Waals surface area (Å²) in [4.78, 5) is 23.4. The zero-order chi connectivity index (χ0) is 18.4. The summed E-state index contributed by atoms with van der Waals surface area (Å²) in [6.45, 7) is 7.50. The van der Waals surface area contributed by atoms with Crippen LogP contribution in [-0.2, 0) is 9.59 Å². The van der Waals surface area contributed by atoms with E-state index in [2.05, 4.69) is 10.6 Å². The molecular weight excluding hydrogens is 379 g/mol. The number of carbonyl (C=O) groups is 2. The normalized spacial score (nSPS) is 10.8. The van der Waals surface area contributed by atoms with Crippen molar-refractivity contribution in [2.45, 2.75) is 27.7 Å². The van der Waals surface area contributed by atoms with Crippen LogP contribution in [0.1, 0.15) is 27.7 Å². The number of nitrogens with one attached hydrogen (secondary N) is 2. The molecule has 0 heterocycles. The Hall–Kier alpha value is -2.10. The molecule has 0 fully saturated rings. The van der Waals surface area contributed by atoms with Crippen molar-refractivity contribution in [3.63, 3.8) is 0 Å². The number of amides is 2. The molecule has 0 aliphatic heterocycles. The second-order valence-corrected chi connectivity index (χ2v) is 8.85. The summed E-state index contributed by atoms with van der Waals surface area (Å²) < 4.78 is 2.46. The molecule has 0 unspecified atom stereocenters. The molecule has 2 amide bonds. The fourth-order valence-electron chi connectivity index (χ4n) is 1.92. The summed E-state index contributed by atoms with van der Waals surface area (Å²) >= 11 is 0.182. The van der Waals surface area contributed by atoms with Gasteiger partial charge < -0.3 is 0 Å². The molecule has 0 bridgehead atoms. The van der Waals surface area contributed by atoms with Crippen molar-refractivity contribution in [2.24, 2.45) is 11.8 Å². The van der Waals surface area contributed by atoms with Gasteiger partial charge in [-0.3, -0.25) is 0 Å². The van der Waals surface area contributed by atoms with Crippen LogP contribution in [-0.4, -0.2) is 26.8 Å². The molecule has 0 radical (unpaired) electrons. The van der Waals surface area contributed by atoms with Crippen molar-refractivity contribution in [1.29, 1.82) is 0 Å². The molecule has 0 saturated heterocycles. The molecule has 0 atom stereocenters. The van der Waals surface area contributed by atoms with Crippen LogP contribution in [0, 0.1) is 11.8 Å². The Kier molecular flexibility index (Phi) is 6.80. The molecular formula is C20H24N2O2Se. The monoisotopic (exact) mass is 404 g/mol. The van der Waals surface area contributed by atoms with Crippen LogP contribution in [0.25, 0.3) is 0 Å². The van der Waals surface area contributed by atoms with Crippen LogP contribution >= 0.6 is 0 Å². The number of anilines is 2. The number of hydrogen-bond acceptors (Lipinski definition) is 2. The third-order valence-corrected chi connectivity index (χ3v) is 5.66. The van der Waals surface area contributed by atoms with Crippen molar-refractivity contribution in [3.05, 3.63) is 48.5 Å². The molecule has 0 saturated carbocycles. The van der Waals surface area contributed by atoms with Gasteiger partial charge in [0.2, 0.25) is 0 Å². The van der Waals surface area contributed by atoms with Crippen LogP contribution < -0.4 is 19.6 Å². The van der Waals surface area contributed by atoms with Crippen molar-refractivity contribution >= 4 is 47.1 Å². The SMILES string of the molecule is CC(C)C(=O)Nc1ccc([Se]c2ccc(NC(=O)C(C)C)cc2)cc1. The fourth-order valence-corrected chi connectivity index (χ4v) is 3.63. The molecule has 2 rings (SSSR count). The molecule has 2 aromatic carbocycles. The Balaban J connectivity index is 1.95. The van der Waals surface area contributed by atoms with Crippen LogP contribution in [0.3, 0.4) is 0 Å². The van der Waals surface area contributed by atoms with Crippen LogP contribution in [0.2, 0.25) is 0 Å². The zero-order valence-corrected chi connectivity index (χ0v) is 16.7. The standard InChI is InChI=1S/C20H24N2O2Se/c1-13(2)19(23)21-15-5-9-17(10-6-15)25-18-11-7-16(8-12-18)22-20(24)14(3)4/h5-14H,1-4H3,(H,21,23)(H,22,24). The Morgan fingerprint density at radius 2 is 1.00 bits per heavy atom. The van der Waals surface area contributed by atoms with Gasteiger partial charge in [-0.15, -0.1) is 0 Å². The predicted octanol–water partition coefficient (Wildman–Crippen LogP) is 2.53. The van der Waals surface area contributed by atoms with Gasteiger partial charge in [0.25, 0.3) is 0 Å². The zero-order valence-electron chi connectivity index (χ0n) is 15.0. The van der Waals surface area contributed by atoms with E-state index in [-0.39, 0.29) is 38.6 Å². The Morgan fingerprint density at radius 1 is 0.680 bits per heavy atom. The van der Waals surface area contributed by atoms with Gasteiger partial charge in [0, 0.05) is 0 Å². The van der Waals surface area contributed by atoms with Crippen LogP contribution in [0.15, 0.2) is 48.5 Å². The molecule has 0 aliphatic rings. The first-order chi connectivity index (χ1) is 11.8. The van der Waals surface area contributed by atoms with E-state index in [4.69, 9.17) is 0 Å². The first-order valence-corrected chi connectivity index (χ1v) is 10.1.